The number of ether oxygens (including phenoxy) is 1. The molecular weight excluding hydrogens is 703 g/mol. The second-order valence-electron chi connectivity index (χ2n) is 15.5. The number of anilines is 1. The number of carbonyl (C=O) groups is 3. The van der Waals surface area contributed by atoms with Gasteiger partial charge in [0.25, 0.3) is 17.7 Å². The molecule has 0 saturated carbocycles. The Kier molecular flexibility index (Phi) is 9.69. The molecule has 0 bridgehead atoms. The first-order chi connectivity index (χ1) is 27.3. The summed E-state index contributed by atoms with van der Waals surface area (Å²) in [6.07, 6.45) is 3.45. The molecule has 10 heteroatoms. The predicted molar refractivity (Wildman–Crippen MR) is 215 cm³/mol. The minimum atomic E-state index is -0.139. The van der Waals surface area contributed by atoms with Gasteiger partial charge in [0.1, 0.15) is 5.75 Å². The lowest BCUT2D eigenvalue weighted by molar-refractivity contribution is 0.0193. The third-order valence-electron chi connectivity index (χ3n) is 12.1. The van der Waals surface area contributed by atoms with E-state index in [1.54, 1.807) is 36.2 Å². The van der Waals surface area contributed by atoms with Crippen molar-refractivity contribution >= 4 is 23.4 Å². The third kappa shape index (κ3) is 6.77. The molecule has 1 N–H and O–H groups in total. The fraction of sp³-hybridized carbons (Fsp3) is 0.326. The van der Waals surface area contributed by atoms with Gasteiger partial charge >= 0.3 is 0 Å². The van der Waals surface area contributed by atoms with Crippen LogP contribution in [0.3, 0.4) is 0 Å². The SMILES string of the molecule is CN(C(=O)c1cc(-c2cc3c(cc2C(=O)N2Cc4ccccc4C[C@H]2CN2CCOCC2)CN(C(=O)c2ccccc2)C3)n2c1CCCC2)c1ccc(O)cc1. The molecule has 9 rings (SSSR count). The van der Waals surface area contributed by atoms with Crippen molar-refractivity contribution in [2.45, 2.75) is 57.9 Å². The number of phenols is 1. The summed E-state index contributed by atoms with van der Waals surface area (Å²) < 4.78 is 7.92. The van der Waals surface area contributed by atoms with Crippen molar-refractivity contribution in [2.24, 2.45) is 0 Å². The number of aromatic nitrogens is 1. The summed E-state index contributed by atoms with van der Waals surface area (Å²) in [7, 11) is 1.76. The second-order valence-corrected chi connectivity index (χ2v) is 15.5. The highest BCUT2D eigenvalue weighted by Gasteiger charge is 2.36. The fourth-order valence-electron chi connectivity index (χ4n) is 9.03. The van der Waals surface area contributed by atoms with Gasteiger partial charge in [-0.3, -0.25) is 19.3 Å². The number of phenolic OH excluding ortho intramolecular Hbond substituents is 1. The molecule has 0 aliphatic carbocycles. The van der Waals surface area contributed by atoms with Crippen LogP contribution in [0.4, 0.5) is 5.69 Å². The lowest BCUT2D eigenvalue weighted by Gasteiger charge is -2.40. The summed E-state index contributed by atoms with van der Waals surface area (Å²) >= 11 is 0. The van der Waals surface area contributed by atoms with Crippen LogP contribution in [0, 0.1) is 0 Å². The summed E-state index contributed by atoms with van der Waals surface area (Å²) in [4.78, 5) is 51.4. The van der Waals surface area contributed by atoms with Gasteiger partial charge in [0.05, 0.1) is 18.8 Å². The monoisotopic (exact) mass is 749 g/mol. The van der Waals surface area contributed by atoms with Crippen molar-refractivity contribution in [3.8, 4) is 17.0 Å². The van der Waals surface area contributed by atoms with E-state index in [2.05, 4.69) is 38.6 Å². The number of hydrogen-bond donors (Lipinski definition) is 1. The van der Waals surface area contributed by atoms with Crippen molar-refractivity contribution in [1.82, 2.24) is 19.3 Å². The van der Waals surface area contributed by atoms with E-state index in [0.29, 0.717) is 55.2 Å². The second kappa shape index (κ2) is 15.1. The average Bonchev–Trinajstić information content (AvgIpc) is 3.84. The number of hydrogen-bond acceptors (Lipinski definition) is 6. The van der Waals surface area contributed by atoms with Gasteiger partial charge in [0, 0.05) is 92.7 Å². The maximum Gasteiger partial charge on any atom is 0.259 e. The first-order valence-electron chi connectivity index (χ1n) is 19.8. The normalized spacial score (nSPS) is 17.9. The molecule has 1 saturated heterocycles. The Morgan fingerprint density at radius 1 is 0.750 bits per heavy atom. The zero-order chi connectivity index (χ0) is 38.3. The number of benzene rings is 4. The van der Waals surface area contributed by atoms with E-state index in [-0.39, 0.29) is 29.5 Å². The Balaban J connectivity index is 1.15. The van der Waals surface area contributed by atoms with Gasteiger partial charge in [-0.25, -0.2) is 0 Å². The van der Waals surface area contributed by atoms with Gasteiger partial charge in [-0.15, -0.1) is 0 Å². The van der Waals surface area contributed by atoms with Crippen molar-refractivity contribution in [3.63, 3.8) is 0 Å². The zero-order valence-corrected chi connectivity index (χ0v) is 31.8. The molecule has 10 nitrogen and oxygen atoms in total. The molecular formula is C46H47N5O5. The number of amides is 3. The van der Waals surface area contributed by atoms with E-state index in [0.717, 1.165) is 85.5 Å². The molecule has 0 radical (unpaired) electrons. The number of rotatable bonds is 7. The summed E-state index contributed by atoms with van der Waals surface area (Å²) in [6, 6.07) is 30.5. The van der Waals surface area contributed by atoms with Gasteiger partial charge in [0.15, 0.2) is 0 Å². The van der Waals surface area contributed by atoms with Crippen LogP contribution in [0.1, 0.15) is 71.9 Å². The molecule has 1 aromatic heterocycles. The molecule has 4 aromatic carbocycles. The summed E-state index contributed by atoms with van der Waals surface area (Å²) in [5.41, 5.74) is 9.56. The molecule has 4 aliphatic heterocycles. The smallest absolute Gasteiger partial charge is 0.259 e. The minimum Gasteiger partial charge on any atom is -0.508 e. The lowest BCUT2D eigenvalue weighted by Crippen LogP contribution is -2.52. The highest BCUT2D eigenvalue weighted by molar-refractivity contribution is 6.08. The Labute approximate surface area is 327 Å². The number of nitrogens with zero attached hydrogens (tertiary/aromatic N) is 5. The van der Waals surface area contributed by atoms with E-state index in [1.165, 1.54) is 5.56 Å². The van der Waals surface area contributed by atoms with Crippen molar-refractivity contribution in [3.05, 3.63) is 142 Å². The molecule has 3 amide bonds. The minimum absolute atomic E-state index is 0.0370. The van der Waals surface area contributed by atoms with Crippen LogP contribution < -0.4 is 4.90 Å². The quantitative estimate of drug-likeness (QED) is 0.203. The Hall–Kier alpha value is -5.71. The van der Waals surface area contributed by atoms with Gasteiger partial charge in [-0.2, -0.15) is 0 Å². The van der Waals surface area contributed by atoms with E-state index in [1.807, 2.05) is 53.4 Å². The predicted octanol–water partition coefficient (Wildman–Crippen LogP) is 6.53. The van der Waals surface area contributed by atoms with Crippen LogP contribution in [0.25, 0.3) is 11.3 Å². The van der Waals surface area contributed by atoms with Gasteiger partial charge in [0.2, 0.25) is 0 Å². The Morgan fingerprint density at radius 2 is 1.46 bits per heavy atom. The maximum atomic E-state index is 15.4. The standard InChI is InChI=1S/C46H47N5O5/c1-47(36-14-16-38(52)17-15-36)45(54)41-26-43(50-18-8-7-13-42(41)50)39-24-34-27-49(44(53)31-9-3-2-4-10-31)28-35(34)25-40(39)46(55)51-29-33-12-6-5-11-32(33)23-37(51)30-48-19-21-56-22-20-48/h2-6,9-12,14-17,24-26,37,52H,7-8,13,18-23,27-30H2,1H3/t37-/m0/s1. The maximum absolute atomic E-state index is 15.4. The average molecular weight is 750 g/mol. The van der Waals surface area contributed by atoms with Crippen LogP contribution in [0.2, 0.25) is 0 Å². The largest absolute Gasteiger partial charge is 0.508 e. The molecule has 0 unspecified atom stereocenters. The first-order valence-corrected chi connectivity index (χ1v) is 19.8. The molecule has 5 aromatic rings. The van der Waals surface area contributed by atoms with Gasteiger partial charge < -0.3 is 29.1 Å². The Morgan fingerprint density at radius 3 is 2.23 bits per heavy atom. The first kappa shape index (κ1) is 36.0. The van der Waals surface area contributed by atoms with Crippen molar-refractivity contribution in [2.75, 3.05) is 44.8 Å². The van der Waals surface area contributed by atoms with Gasteiger partial charge in [-0.05, 0) is 103 Å². The Bertz CT molecular complexity index is 2290. The highest BCUT2D eigenvalue weighted by atomic mass is 16.5. The van der Waals surface area contributed by atoms with Crippen LogP contribution in [0.15, 0.2) is 97.1 Å². The molecule has 0 spiro atoms. The number of fused-ring (bicyclic) bond motifs is 3. The topological polar surface area (TPSA) is 98.6 Å². The molecule has 1 fully saturated rings. The van der Waals surface area contributed by atoms with E-state index < -0.39 is 0 Å². The zero-order valence-electron chi connectivity index (χ0n) is 31.8. The van der Waals surface area contributed by atoms with Crippen LogP contribution in [-0.4, -0.2) is 88.0 Å². The molecule has 5 heterocycles. The molecule has 4 aliphatic rings. The van der Waals surface area contributed by atoms with Crippen LogP contribution >= 0.6 is 0 Å². The number of carbonyl (C=O) groups excluding carboxylic acids is 3. The number of aromatic hydroxyl groups is 1. The third-order valence-corrected chi connectivity index (χ3v) is 12.1. The van der Waals surface area contributed by atoms with E-state index in [9.17, 15) is 14.7 Å². The van der Waals surface area contributed by atoms with Crippen molar-refractivity contribution < 1.29 is 24.2 Å². The fourth-order valence-corrected chi connectivity index (χ4v) is 9.03. The molecule has 286 valence electrons. The highest BCUT2D eigenvalue weighted by Crippen LogP contribution is 2.39. The summed E-state index contributed by atoms with van der Waals surface area (Å²) in [5.74, 6) is -0.0803. The van der Waals surface area contributed by atoms with E-state index >= 15 is 4.79 Å². The lowest BCUT2D eigenvalue weighted by atomic mass is 9.91. The summed E-state index contributed by atoms with van der Waals surface area (Å²) in [5, 5.41) is 9.90. The van der Waals surface area contributed by atoms with Gasteiger partial charge in [-0.1, -0.05) is 42.5 Å². The van der Waals surface area contributed by atoms with Crippen molar-refractivity contribution in [1.29, 1.82) is 0 Å². The van der Waals surface area contributed by atoms with Crippen LogP contribution in [0.5, 0.6) is 5.75 Å². The summed E-state index contributed by atoms with van der Waals surface area (Å²) in [6.45, 7) is 5.89. The number of morpholine rings is 1. The molecule has 56 heavy (non-hydrogen) atoms. The molecule has 1 atom stereocenters. The van der Waals surface area contributed by atoms with Crippen LogP contribution in [-0.2, 0) is 43.8 Å². The van der Waals surface area contributed by atoms with E-state index in [4.69, 9.17) is 4.74 Å².